The fourth-order valence-corrected chi connectivity index (χ4v) is 7.72. The molecule has 2 aromatic carbocycles. The van der Waals surface area contributed by atoms with Crippen molar-refractivity contribution in [2.45, 2.75) is 38.8 Å². The van der Waals surface area contributed by atoms with Gasteiger partial charge in [-0.15, -0.1) is 0 Å². The number of hydrogen-bond acceptors (Lipinski definition) is 10. The summed E-state index contributed by atoms with van der Waals surface area (Å²) in [6.45, 7) is 5.68. The lowest BCUT2D eigenvalue weighted by atomic mass is 9.49. The standard InChI is InChI=1S/C34H41N3O8/c1-16(2)25-22-14-18-13-21-19(20-12-17(6-9-24(20)45-5)15-36-10-11-37(3)4)7-8-23(38)27(21)30(40)26(18)31(41)34(22,44)32(42)28(29(25)39)33(35)43/h6-9,12,16,18,22,25-26,28,36,38,44H,10-11,13-15H2,1-5H3,(H2,35,43)/t18-,22-,25-,26?,28?,34-/m0/s1. The van der Waals surface area contributed by atoms with Crippen LogP contribution in [0.1, 0.15) is 41.8 Å². The van der Waals surface area contributed by atoms with E-state index in [9.17, 15) is 34.2 Å². The second kappa shape index (κ2) is 12.1. The number of hydrogen-bond donors (Lipinski definition) is 4. The van der Waals surface area contributed by atoms with E-state index in [-0.39, 0.29) is 24.2 Å². The first kappa shape index (κ1) is 32.5. The lowest BCUT2D eigenvalue weighted by Crippen LogP contribution is -2.71. The average molecular weight is 620 g/mol. The predicted octanol–water partition coefficient (Wildman–Crippen LogP) is 1.54. The monoisotopic (exact) mass is 619 g/mol. The molecular weight excluding hydrogens is 578 g/mol. The van der Waals surface area contributed by atoms with Crippen LogP contribution in [0, 0.1) is 35.5 Å². The number of rotatable bonds is 9. The maximum atomic E-state index is 14.1. The number of aromatic hydroxyl groups is 1. The van der Waals surface area contributed by atoms with Crippen LogP contribution < -0.4 is 15.8 Å². The molecule has 0 bridgehead atoms. The molecule has 240 valence electrons. The molecule has 0 spiro atoms. The van der Waals surface area contributed by atoms with E-state index in [1.807, 2.05) is 32.3 Å². The molecule has 2 fully saturated rings. The zero-order valence-corrected chi connectivity index (χ0v) is 26.3. The zero-order chi connectivity index (χ0) is 33.0. The van der Waals surface area contributed by atoms with Gasteiger partial charge in [-0.05, 0) is 73.7 Å². The van der Waals surface area contributed by atoms with Gasteiger partial charge >= 0.3 is 0 Å². The fourth-order valence-electron chi connectivity index (χ4n) is 7.72. The van der Waals surface area contributed by atoms with Crippen molar-refractivity contribution < 1.29 is 38.9 Å². The summed E-state index contributed by atoms with van der Waals surface area (Å²) in [6.07, 6.45) is 0.195. The smallest absolute Gasteiger partial charge is 0.235 e. The minimum Gasteiger partial charge on any atom is -0.507 e. The van der Waals surface area contributed by atoms with E-state index >= 15 is 0 Å². The summed E-state index contributed by atoms with van der Waals surface area (Å²) in [6, 6.07) is 8.86. The number of Topliss-reactive ketones (excluding diaryl/α,β-unsaturated/α-hetero) is 4. The lowest BCUT2D eigenvalue weighted by Gasteiger charge is -2.52. The number of aliphatic hydroxyl groups is 1. The molecule has 0 saturated heterocycles. The first-order chi connectivity index (χ1) is 21.2. The number of methoxy groups -OCH3 is 1. The van der Waals surface area contributed by atoms with E-state index in [4.69, 9.17) is 10.5 Å². The third kappa shape index (κ3) is 5.26. The third-order valence-corrected chi connectivity index (χ3v) is 9.82. The summed E-state index contributed by atoms with van der Waals surface area (Å²) in [5.74, 6) is -11.3. The van der Waals surface area contributed by atoms with Crippen LogP contribution in [0.5, 0.6) is 11.5 Å². The molecule has 3 aliphatic carbocycles. The molecule has 2 aromatic rings. The number of nitrogens with zero attached hydrogens (tertiary/aromatic N) is 1. The van der Waals surface area contributed by atoms with E-state index in [1.165, 1.54) is 6.07 Å². The van der Waals surface area contributed by atoms with Gasteiger partial charge in [-0.3, -0.25) is 24.0 Å². The molecule has 11 nitrogen and oxygen atoms in total. The van der Waals surface area contributed by atoms with Crippen LogP contribution in [0.15, 0.2) is 30.3 Å². The van der Waals surface area contributed by atoms with E-state index in [1.54, 1.807) is 27.0 Å². The van der Waals surface area contributed by atoms with Crippen LogP contribution in [0.2, 0.25) is 0 Å². The van der Waals surface area contributed by atoms with Crippen molar-refractivity contribution in [3.8, 4) is 22.6 Å². The van der Waals surface area contributed by atoms with Gasteiger partial charge in [0.05, 0.1) is 18.6 Å². The number of phenolic OH excluding ortho intramolecular Hbond substituents is 1. The van der Waals surface area contributed by atoms with Crippen LogP contribution in [0.3, 0.4) is 0 Å². The second-order valence-electron chi connectivity index (χ2n) is 13.2. The van der Waals surface area contributed by atoms with E-state index in [2.05, 4.69) is 10.2 Å². The number of ketones is 4. The van der Waals surface area contributed by atoms with Gasteiger partial charge in [-0.1, -0.05) is 26.0 Å². The number of benzene rings is 2. The number of fused-ring (bicyclic) bond motifs is 3. The van der Waals surface area contributed by atoms with Gasteiger partial charge in [0.2, 0.25) is 5.91 Å². The van der Waals surface area contributed by atoms with Gasteiger partial charge < -0.3 is 30.9 Å². The Labute approximate surface area is 262 Å². The Morgan fingerprint density at radius 3 is 2.44 bits per heavy atom. The molecule has 0 radical (unpaired) electrons. The van der Waals surface area contributed by atoms with Gasteiger partial charge in [0.25, 0.3) is 0 Å². The van der Waals surface area contributed by atoms with E-state index in [0.717, 1.165) is 18.7 Å². The van der Waals surface area contributed by atoms with Crippen molar-refractivity contribution in [2.75, 3.05) is 34.3 Å². The van der Waals surface area contributed by atoms with Crippen LogP contribution in [0.4, 0.5) is 0 Å². The number of nitrogens with two attached hydrogens (primary N) is 1. The number of primary amides is 1. The molecule has 0 heterocycles. The Hall–Kier alpha value is -3.93. The Morgan fingerprint density at radius 2 is 1.82 bits per heavy atom. The fraction of sp³-hybridized carbons (Fsp3) is 0.500. The van der Waals surface area contributed by atoms with Crippen LogP contribution in [-0.2, 0) is 32.1 Å². The molecule has 2 unspecified atom stereocenters. The topological polar surface area (TPSA) is 176 Å². The predicted molar refractivity (Wildman–Crippen MR) is 164 cm³/mol. The highest BCUT2D eigenvalue weighted by atomic mass is 16.5. The Balaban J connectivity index is 1.58. The number of ether oxygens (including phenoxy) is 1. The Morgan fingerprint density at radius 1 is 1.11 bits per heavy atom. The summed E-state index contributed by atoms with van der Waals surface area (Å²) in [5, 5.41) is 26.2. The molecule has 5 rings (SSSR count). The number of likely N-dealkylation sites (N-methyl/N-ethyl adjacent to an activating group) is 1. The summed E-state index contributed by atoms with van der Waals surface area (Å²) in [7, 11) is 5.54. The van der Waals surface area contributed by atoms with Crippen molar-refractivity contribution in [3.63, 3.8) is 0 Å². The molecule has 3 aliphatic rings. The molecule has 1 amide bonds. The summed E-state index contributed by atoms with van der Waals surface area (Å²) in [4.78, 5) is 69.4. The summed E-state index contributed by atoms with van der Waals surface area (Å²) < 4.78 is 5.69. The number of phenols is 1. The number of carbonyl (C=O) groups is 5. The molecule has 0 aromatic heterocycles. The highest BCUT2D eigenvalue weighted by molar-refractivity contribution is 6.32. The molecule has 2 saturated carbocycles. The normalized spacial score (nSPS) is 27.8. The third-order valence-electron chi connectivity index (χ3n) is 9.82. The molecule has 45 heavy (non-hydrogen) atoms. The Kier molecular flexibility index (Phi) is 8.74. The van der Waals surface area contributed by atoms with Gasteiger partial charge in [0.1, 0.15) is 11.5 Å². The molecular formula is C34H41N3O8. The van der Waals surface area contributed by atoms with Crippen LogP contribution >= 0.6 is 0 Å². The van der Waals surface area contributed by atoms with Gasteiger partial charge in [0.15, 0.2) is 34.7 Å². The van der Waals surface area contributed by atoms with Crippen molar-refractivity contribution >= 4 is 29.0 Å². The summed E-state index contributed by atoms with van der Waals surface area (Å²) in [5.41, 5.74) is 5.51. The first-order valence-electron chi connectivity index (χ1n) is 15.3. The number of carbonyl (C=O) groups excluding carboxylic acids is 5. The summed E-state index contributed by atoms with van der Waals surface area (Å²) >= 11 is 0. The first-order valence-corrected chi connectivity index (χ1v) is 15.3. The highest BCUT2D eigenvalue weighted by Crippen LogP contribution is 2.54. The maximum Gasteiger partial charge on any atom is 0.235 e. The lowest BCUT2D eigenvalue weighted by molar-refractivity contribution is -0.182. The van der Waals surface area contributed by atoms with Crippen molar-refractivity contribution in [1.29, 1.82) is 0 Å². The SMILES string of the molecule is COc1ccc(CNCCN(C)C)cc1-c1ccc(O)c2c1C[C@H]1C[C@H]3[C@H](C(C)C)C(=O)C(C(N)=O)C(=O)[C@@]3(O)C(=O)C1C2=O. The van der Waals surface area contributed by atoms with E-state index < -0.39 is 70.1 Å². The Bertz CT molecular complexity index is 1580. The maximum absolute atomic E-state index is 14.1. The van der Waals surface area contributed by atoms with E-state index in [0.29, 0.717) is 29.0 Å². The quantitative estimate of drug-likeness (QED) is 0.238. The second-order valence-corrected chi connectivity index (χ2v) is 13.2. The minimum absolute atomic E-state index is 0.0198. The number of amides is 1. The van der Waals surface area contributed by atoms with Crippen LogP contribution in [-0.4, -0.2) is 84.0 Å². The van der Waals surface area contributed by atoms with Gasteiger partial charge in [0, 0.05) is 37.0 Å². The molecule has 5 N–H and O–H groups in total. The number of nitrogens with one attached hydrogen (secondary N) is 1. The average Bonchev–Trinajstić information content (AvgIpc) is 2.97. The molecule has 6 atom stereocenters. The highest BCUT2D eigenvalue weighted by Gasteiger charge is 2.69. The van der Waals surface area contributed by atoms with Crippen molar-refractivity contribution in [3.05, 3.63) is 47.0 Å². The van der Waals surface area contributed by atoms with Gasteiger partial charge in [-0.25, -0.2) is 0 Å². The molecule has 0 aliphatic heterocycles. The van der Waals surface area contributed by atoms with Crippen molar-refractivity contribution in [2.24, 2.45) is 41.2 Å². The minimum atomic E-state index is -2.72. The van der Waals surface area contributed by atoms with Crippen LogP contribution in [0.25, 0.3) is 11.1 Å². The largest absolute Gasteiger partial charge is 0.507 e. The zero-order valence-electron chi connectivity index (χ0n) is 26.3. The van der Waals surface area contributed by atoms with Crippen molar-refractivity contribution in [1.82, 2.24) is 10.2 Å². The van der Waals surface area contributed by atoms with Gasteiger partial charge in [-0.2, -0.15) is 0 Å². The molecule has 11 heteroatoms.